The molecule has 0 amide bonds. The van der Waals surface area contributed by atoms with Gasteiger partial charge in [-0.25, -0.2) is 0 Å². The van der Waals surface area contributed by atoms with Crippen LogP contribution in [0.5, 0.6) is 0 Å². The molecule has 3 aromatic carbocycles. The third-order valence-corrected chi connectivity index (χ3v) is 2.61. The Kier molecular flexibility index (Phi) is 3.80. The summed E-state index contributed by atoms with van der Waals surface area (Å²) in [5, 5.41) is 5.25. The first-order valence-electron chi connectivity index (χ1n) is 5.51. The van der Waals surface area contributed by atoms with Crippen molar-refractivity contribution in [1.82, 2.24) is 0 Å². The summed E-state index contributed by atoms with van der Waals surface area (Å²) in [5.74, 6) is 0. The SMILES string of the molecule is O=S(=O)(O)O.c1ccc2cc3ccccc3cc2c1. The third kappa shape index (κ3) is 4.03. The van der Waals surface area contributed by atoms with Crippen molar-refractivity contribution >= 4 is 31.9 Å². The maximum Gasteiger partial charge on any atom is 0.394 e. The average Bonchev–Trinajstić information content (AvgIpc) is 2.34. The van der Waals surface area contributed by atoms with Crippen LogP contribution in [0.1, 0.15) is 0 Å². The highest BCUT2D eigenvalue weighted by atomic mass is 32.3. The van der Waals surface area contributed by atoms with Crippen molar-refractivity contribution in [2.75, 3.05) is 0 Å². The van der Waals surface area contributed by atoms with Gasteiger partial charge in [0.2, 0.25) is 0 Å². The van der Waals surface area contributed by atoms with Crippen LogP contribution in [0, 0.1) is 0 Å². The molecule has 0 spiro atoms. The van der Waals surface area contributed by atoms with Crippen LogP contribution in [-0.4, -0.2) is 17.5 Å². The first-order valence-corrected chi connectivity index (χ1v) is 6.90. The minimum absolute atomic E-state index is 1.31. The predicted octanol–water partition coefficient (Wildman–Crippen LogP) is 3.34. The summed E-state index contributed by atoms with van der Waals surface area (Å²) in [6.07, 6.45) is 0. The summed E-state index contributed by atoms with van der Waals surface area (Å²) in [6, 6.07) is 21.4. The molecular weight excluding hydrogens is 264 g/mol. The van der Waals surface area contributed by atoms with Crippen molar-refractivity contribution < 1.29 is 17.5 Å². The summed E-state index contributed by atoms with van der Waals surface area (Å²) < 4.78 is 31.6. The van der Waals surface area contributed by atoms with Gasteiger partial charge >= 0.3 is 10.4 Å². The minimum atomic E-state index is -4.67. The maximum absolute atomic E-state index is 8.74. The average molecular weight is 276 g/mol. The van der Waals surface area contributed by atoms with E-state index >= 15 is 0 Å². The highest BCUT2D eigenvalue weighted by Crippen LogP contribution is 2.21. The largest absolute Gasteiger partial charge is 0.394 e. The molecule has 0 radical (unpaired) electrons. The number of hydrogen-bond donors (Lipinski definition) is 2. The second-order valence-electron chi connectivity index (χ2n) is 3.99. The number of benzene rings is 3. The number of fused-ring (bicyclic) bond motifs is 2. The molecule has 0 bridgehead atoms. The lowest BCUT2D eigenvalue weighted by molar-refractivity contribution is 0.381. The molecule has 2 N–H and O–H groups in total. The third-order valence-electron chi connectivity index (χ3n) is 2.61. The summed E-state index contributed by atoms with van der Waals surface area (Å²) in [7, 11) is -4.67. The van der Waals surface area contributed by atoms with Crippen LogP contribution in [0.2, 0.25) is 0 Å². The molecule has 0 aromatic heterocycles. The first kappa shape index (κ1) is 13.5. The van der Waals surface area contributed by atoms with Crippen LogP contribution in [0.15, 0.2) is 60.7 Å². The molecule has 0 heterocycles. The molecule has 0 saturated carbocycles. The molecule has 0 aliphatic rings. The molecule has 0 saturated heterocycles. The van der Waals surface area contributed by atoms with Crippen molar-refractivity contribution in [3.63, 3.8) is 0 Å². The fraction of sp³-hybridized carbons (Fsp3) is 0. The van der Waals surface area contributed by atoms with E-state index in [1.807, 2.05) is 0 Å². The lowest BCUT2D eigenvalue weighted by Gasteiger charge is -2.00. The second-order valence-corrected chi connectivity index (χ2v) is 4.89. The fourth-order valence-electron chi connectivity index (χ4n) is 1.88. The Morgan fingerprint density at radius 1 is 0.632 bits per heavy atom. The van der Waals surface area contributed by atoms with Crippen LogP contribution < -0.4 is 0 Å². The van der Waals surface area contributed by atoms with E-state index in [-0.39, 0.29) is 0 Å². The Morgan fingerprint density at radius 3 is 1.05 bits per heavy atom. The Bertz CT molecular complexity index is 697. The standard InChI is InChI=1S/C14H10.H2O4S/c1-2-6-12-10-14-8-4-3-7-13(14)9-11(12)5-1;1-5(2,3)4/h1-10H;(H2,1,2,3,4). The molecule has 0 aliphatic heterocycles. The Morgan fingerprint density at radius 2 is 0.842 bits per heavy atom. The molecule has 3 rings (SSSR count). The molecule has 5 heteroatoms. The van der Waals surface area contributed by atoms with Crippen molar-refractivity contribution in [3.05, 3.63) is 60.7 Å². The van der Waals surface area contributed by atoms with Crippen LogP contribution in [0.25, 0.3) is 21.5 Å². The maximum atomic E-state index is 8.74. The van der Waals surface area contributed by atoms with E-state index in [4.69, 9.17) is 17.5 Å². The molecule has 19 heavy (non-hydrogen) atoms. The van der Waals surface area contributed by atoms with Gasteiger partial charge in [-0.1, -0.05) is 48.5 Å². The van der Waals surface area contributed by atoms with Gasteiger partial charge in [-0.2, -0.15) is 8.42 Å². The minimum Gasteiger partial charge on any atom is -0.264 e. The summed E-state index contributed by atoms with van der Waals surface area (Å²) in [5.41, 5.74) is 0. The number of hydrogen-bond acceptors (Lipinski definition) is 2. The molecule has 4 nitrogen and oxygen atoms in total. The van der Waals surface area contributed by atoms with E-state index in [9.17, 15) is 0 Å². The molecule has 0 aliphatic carbocycles. The van der Waals surface area contributed by atoms with E-state index in [1.54, 1.807) is 0 Å². The Labute approximate surface area is 110 Å². The lowest BCUT2D eigenvalue weighted by atomic mass is 10.0. The smallest absolute Gasteiger partial charge is 0.264 e. The van der Waals surface area contributed by atoms with Crippen LogP contribution in [0.4, 0.5) is 0 Å². The molecule has 3 aromatic rings. The van der Waals surface area contributed by atoms with Crippen molar-refractivity contribution in [3.8, 4) is 0 Å². The fourth-order valence-corrected chi connectivity index (χ4v) is 1.88. The van der Waals surface area contributed by atoms with Gasteiger partial charge in [0.15, 0.2) is 0 Å². The molecule has 0 unspecified atom stereocenters. The second kappa shape index (κ2) is 5.36. The predicted molar refractivity (Wildman–Crippen MR) is 75.6 cm³/mol. The lowest BCUT2D eigenvalue weighted by Crippen LogP contribution is -1.89. The molecule has 0 atom stereocenters. The van der Waals surface area contributed by atoms with Gasteiger partial charge in [-0.3, -0.25) is 9.11 Å². The normalized spacial score (nSPS) is 11.1. The summed E-state index contributed by atoms with van der Waals surface area (Å²) in [6.45, 7) is 0. The van der Waals surface area contributed by atoms with Crippen LogP contribution in [0.3, 0.4) is 0 Å². The number of rotatable bonds is 0. The van der Waals surface area contributed by atoms with Gasteiger partial charge in [0.05, 0.1) is 0 Å². The van der Waals surface area contributed by atoms with Gasteiger partial charge in [0.25, 0.3) is 0 Å². The Hall–Kier alpha value is -1.95. The van der Waals surface area contributed by atoms with E-state index in [0.29, 0.717) is 0 Å². The van der Waals surface area contributed by atoms with Crippen molar-refractivity contribution in [2.45, 2.75) is 0 Å². The Balaban J connectivity index is 0.000000232. The highest BCUT2D eigenvalue weighted by Gasteiger charge is 1.95. The zero-order valence-electron chi connectivity index (χ0n) is 9.89. The molecular formula is C14H12O4S. The van der Waals surface area contributed by atoms with E-state index < -0.39 is 10.4 Å². The van der Waals surface area contributed by atoms with Crippen LogP contribution >= 0.6 is 0 Å². The quantitative estimate of drug-likeness (QED) is 0.488. The van der Waals surface area contributed by atoms with Gasteiger partial charge in [-0.15, -0.1) is 0 Å². The van der Waals surface area contributed by atoms with Gasteiger partial charge in [-0.05, 0) is 33.7 Å². The molecule has 98 valence electrons. The topological polar surface area (TPSA) is 74.6 Å². The summed E-state index contributed by atoms with van der Waals surface area (Å²) >= 11 is 0. The summed E-state index contributed by atoms with van der Waals surface area (Å²) in [4.78, 5) is 0. The first-order chi connectivity index (χ1) is 8.93. The van der Waals surface area contributed by atoms with Gasteiger partial charge in [0, 0.05) is 0 Å². The van der Waals surface area contributed by atoms with Crippen molar-refractivity contribution in [1.29, 1.82) is 0 Å². The van der Waals surface area contributed by atoms with Gasteiger partial charge < -0.3 is 0 Å². The van der Waals surface area contributed by atoms with E-state index in [1.165, 1.54) is 21.5 Å². The van der Waals surface area contributed by atoms with Crippen LogP contribution in [-0.2, 0) is 10.4 Å². The zero-order chi connectivity index (χ0) is 13.9. The van der Waals surface area contributed by atoms with E-state index in [0.717, 1.165) is 0 Å². The van der Waals surface area contributed by atoms with Crippen molar-refractivity contribution in [2.24, 2.45) is 0 Å². The van der Waals surface area contributed by atoms with Gasteiger partial charge in [0.1, 0.15) is 0 Å². The highest BCUT2D eigenvalue weighted by molar-refractivity contribution is 7.79. The molecule has 0 fully saturated rings. The van der Waals surface area contributed by atoms with E-state index in [2.05, 4.69) is 60.7 Å². The monoisotopic (exact) mass is 276 g/mol. The zero-order valence-corrected chi connectivity index (χ0v) is 10.7.